The molecule has 0 heterocycles. The number of nitrogens with one attached hydrogen (secondary N) is 1. The Morgan fingerprint density at radius 2 is 2.36 bits per heavy atom. The number of alkyl halides is 1. The second-order valence-electron chi connectivity index (χ2n) is 2.25. The molecule has 0 aliphatic rings. The number of amides is 1. The van der Waals surface area contributed by atoms with Gasteiger partial charge >= 0.3 is 0 Å². The van der Waals surface area contributed by atoms with Crippen LogP contribution in [0.5, 0.6) is 0 Å². The molecule has 0 radical (unpaired) electrons. The molecule has 0 rings (SSSR count). The number of rotatable bonds is 5. The second kappa shape index (κ2) is 6.43. The van der Waals surface area contributed by atoms with Gasteiger partial charge < -0.3 is 10.1 Å². The lowest BCUT2D eigenvalue weighted by molar-refractivity contribution is -0.120. The van der Waals surface area contributed by atoms with E-state index in [0.29, 0.717) is 13.2 Å². The Bertz CT molecular complexity index is 117. The van der Waals surface area contributed by atoms with Gasteiger partial charge in [0.05, 0.1) is 0 Å². The molecule has 0 aromatic heterocycles. The van der Waals surface area contributed by atoms with Gasteiger partial charge in [0.2, 0.25) is 5.91 Å². The zero-order valence-electron chi connectivity index (χ0n) is 6.89. The van der Waals surface area contributed by atoms with Gasteiger partial charge in [-0.1, -0.05) is 0 Å². The number of methoxy groups -OCH3 is 1. The monoisotopic (exact) mass is 179 g/mol. The van der Waals surface area contributed by atoms with Crippen molar-refractivity contribution in [1.82, 2.24) is 5.32 Å². The molecule has 0 aromatic carbocycles. The van der Waals surface area contributed by atoms with Crippen LogP contribution >= 0.6 is 11.6 Å². The van der Waals surface area contributed by atoms with Crippen molar-refractivity contribution >= 4 is 17.5 Å². The third kappa shape index (κ3) is 6.13. The van der Waals surface area contributed by atoms with Gasteiger partial charge in [0.1, 0.15) is 5.38 Å². The number of hydrogen-bond acceptors (Lipinski definition) is 2. The van der Waals surface area contributed by atoms with Crippen molar-refractivity contribution in [3.8, 4) is 0 Å². The van der Waals surface area contributed by atoms with Crippen LogP contribution in [0.4, 0.5) is 0 Å². The quantitative estimate of drug-likeness (QED) is 0.500. The molecular formula is C7H14ClNO2. The Morgan fingerprint density at radius 3 is 2.82 bits per heavy atom. The Balaban J connectivity index is 3.18. The van der Waals surface area contributed by atoms with Crippen molar-refractivity contribution in [3.63, 3.8) is 0 Å². The molecule has 0 aliphatic carbocycles. The summed E-state index contributed by atoms with van der Waals surface area (Å²) in [7, 11) is 1.63. The minimum absolute atomic E-state index is 0.122. The highest BCUT2D eigenvalue weighted by molar-refractivity contribution is 6.30. The normalized spacial score (nSPS) is 12.6. The van der Waals surface area contributed by atoms with Crippen molar-refractivity contribution in [3.05, 3.63) is 0 Å². The molecule has 3 nitrogen and oxygen atoms in total. The smallest absolute Gasteiger partial charge is 0.237 e. The summed E-state index contributed by atoms with van der Waals surface area (Å²) >= 11 is 5.50. The molecule has 4 heteroatoms. The predicted octanol–water partition coefficient (Wildman–Crippen LogP) is 0.766. The van der Waals surface area contributed by atoms with Gasteiger partial charge in [-0.15, -0.1) is 11.6 Å². The SMILES string of the molecule is COCCCNC(=O)[C@H](C)Cl. The van der Waals surface area contributed by atoms with Crippen LogP contribution < -0.4 is 5.32 Å². The van der Waals surface area contributed by atoms with E-state index < -0.39 is 5.38 Å². The van der Waals surface area contributed by atoms with Gasteiger partial charge in [-0.2, -0.15) is 0 Å². The largest absolute Gasteiger partial charge is 0.385 e. The molecule has 1 atom stereocenters. The van der Waals surface area contributed by atoms with Gasteiger partial charge in [-0.05, 0) is 13.3 Å². The van der Waals surface area contributed by atoms with E-state index in [9.17, 15) is 4.79 Å². The number of carbonyl (C=O) groups excluding carboxylic acids is 1. The summed E-state index contributed by atoms with van der Waals surface area (Å²) in [6, 6.07) is 0. The van der Waals surface area contributed by atoms with Crippen LogP contribution in [0.25, 0.3) is 0 Å². The molecule has 1 N–H and O–H groups in total. The highest BCUT2D eigenvalue weighted by atomic mass is 35.5. The van der Waals surface area contributed by atoms with E-state index in [1.165, 1.54) is 0 Å². The predicted molar refractivity (Wildman–Crippen MR) is 44.8 cm³/mol. The number of ether oxygens (including phenoxy) is 1. The molecule has 0 aliphatic heterocycles. The van der Waals surface area contributed by atoms with Gasteiger partial charge in [0, 0.05) is 20.3 Å². The van der Waals surface area contributed by atoms with E-state index in [1.807, 2.05) is 0 Å². The molecule has 0 aromatic rings. The van der Waals surface area contributed by atoms with Crippen molar-refractivity contribution in [2.75, 3.05) is 20.3 Å². The van der Waals surface area contributed by atoms with Crippen LogP contribution in [0, 0.1) is 0 Å². The Labute approximate surface area is 72.1 Å². The molecule has 0 spiro atoms. The van der Waals surface area contributed by atoms with E-state index in [2.05, 4.69) is 5.32 Å². The molecule has 0 unspecified atom stereocenters. The highest BCUT2D eigenvalue weighted by Crippen LogP contribution is 1.91. The summed E-state index contributed by atoms with van der Waals surface area (Å²) in [4.78, 5) is 10.8. The van der Waals surface area contributed by atoms with Crippen molar-refractivity contribution in [2.45, 2.75) is 18.7 Å². The van der Waals surface area contributed by atoms with Crippen molar-refractivity contribution in [2.24, 2.45) is 0 Å². The van der Waals surface area contributed by atoms with E-state index >= 15 is 0 Å². The highest BCUT2D eigenvalue weighted by Gasteiger charge is 2.06. The zero-order valence-corrected chi connectivity index (χ0v) is 7.65. The first kappa shape index (κ1) is 10.7. The molecule has 11 heavy (non-hydrogen) atoms. The Kier molecular flexibility index (Phi) is 6.27. The van der Waals surface area contributed by atoms with E-state index in [0.717, 1.165) is 6.42 Å². The minimum Gasteiger partial charge on any atom is -0.385 e. The van der Waals surface area contributed by atoms with Gasteiger partial charge in [0.15, 0.2) is 0 Å². The number of halogens is 1. The standard InChI is InChI=1S/C7H14ClNO2/c1-6(8)7(10)9-4-3-5-11-2/h6H,3-5H2,1-2H3,(H,9,10)/t6-/m0/s1. The van der Waals surface area contributed by atoms with Crippen molar-refractivity contribution in [1.29, 1.82) is 0 Å². The fraction of sp³-hybridized carbons (Fsp3) is 0.857. The zero-order chi connectivity index (χ0) is 8.69. The fourth-order valence-corrected chi connectivity index (χ4v) is 0.646. The van der Waals surface area contributed by atoms with Crippen LogP contribution in [0.1, 0.15) is 13.3 Å². The van der Waals surface area contributed by atoms with E-state index in [1.54, 1.807) is 14.0 Å². The maximum Gasteiger partial charge on any atom is 0.237 e. The summed E-state index contributed by atoms with van der Waals surface area (Å²) in [6.07, 6.45) is 0.825. The second-order valence-corrected chi connectivity index (χ2v) is 2.91. The molecule has 66 valence electrons. The first-order valence-corrected chi connectivity index (χ1v) is 4.03. The maximum absolute atomic E-state index is 10.8. The first-order chi connectivity index (χ1) is 5.18. The first-order valence-electron chi connectivity index (χ1n) is 3.59. The molecule has 0 fully saturated rings. The lowest BCUT2D eigenvalue weighted by Gasteiger charge is -2.04. The third-order valence-electron chi connectivity index (χ3n) is 1.19. The summed E-state index contributed by atoms with van der Waals surface area (Å²) in [5, 5.41) is 2.22. The molecule has 0 saturated heterocycles. The fourth-order valence-electron chi connectivity index (χ4n) is 0.569. The summed E-state index contributed by atoms with van der Waals surface area (Å²) in [6.45, 7) is 2.94. The summed E-state index contributed by atoms with van der Waals surface area (Å²) < 4.78 is 4.80. The molecule has 1 amide bonds. The van der Waals surface area contributed by atoms with Gasteiger partial charge in [-0.25, -0.2) is 0 Å². The number of carbonyl (C=O) groups is 1. The van der Waals surface area contributed by atoms with Crippen LogP contribution in [0.15, 0.2) is 0 Å². The van der Waals surface area contributed by atoms with Gasteiger partial charge in [0.25, 0.3) is 0 Å². The van der Waals surface area contributed by atoms with Gasteiger partial charge in [-0.3, -0.25) is 4.79 Å². The van der Waals surface area contributed by atoms with E-state index in [4.69, 9.17) is 16.3 Å². The van der Waals surface area contributed by atoms with Crippen LogP contribution in [-0.2, 0) is 9.53 Å². The van der Waals surface area contributed by atoms with E-state index in [-0.39, 0.29) is 5.91 Å². The summed E-state index contributed by atoms with van der Waals surface area (Å²) in [5.41, 5.74) is 0. The maximum atomic E-state index is 10.8. The topological polar surface area (TPSA) is 38.3 Å². The van der Waals surface area contributed by atoms with Crippen molar-refractivity contribution < 1.29 is 9.53 Å². The van der Waals surface area contributed by atoms with Crippen LogP contribution in [-0.4, -0.2) is 31.5 Å². The lowest BCUT2D eigenvalue weighted by Crippen LogP contribution is -2.30. The third-order valence-corrected chi connectivity index (χ3v) is 1.38. The molecule has 0 bridgehead atoms. The summed E-state index contributed by atoms with van der Waals surface area (Å²) in [5.74, 6) is -0.122. The Morgan fingerprint density at radius 1 is 1.73 bits per heavy atom. The average Bonchev–Trinajstić information content (AvgIpc) is 1.97. The average molecular weight is 180 g/mol. The Hall–Kier alpha value is -0.280. The minimum atomic E-state index is -0.447. The van der Waals surface area contributed by atoms with Crippen LogP contribution in [0.2, 0.25) is 0 Å². The van der Waals surface area contributed by atoms with Crippen LogP contribution in [0.3, 0.4) is 0 Å². The number of hydrogen-bond donors (Lipinski definition) is 1. The molecular weight excluding hydrogens is 166 g/mol. The molecule has 0 saturated carbocycles. The lowest BCUT2D eigenvalue weighted by atomic mass is 10.4.